The van der Waals surface area contributed by atoms with Crippen LogP contribution in [0.15, 0.2) is 42.5 Å². The van der Waals surface area contributed by atoms with Crippen LogP contribution in [-0.2, 0) is 10.2 Å². The minimum Gasteiger partial charge on any atom is -0.508 e. The van der Waals surface area contributed by atoms with E-state index in [0.717, 1.165) is 37.7 Å². The third-order valence-corrected chi connectivity index (χ3v) is 9.64. The van der Waals surface area contributed by atoms with Gasteiger partial charge >= 0.3 is 18.1 Å². The van der Waals surface area contributed by atoms with Crippen LogP contribution in [0.25, 0.3) is 0 Å². The molecule has 10 heteroatoms. The van der Waals surface area contributed by atoms with E-state index in [-0.39, 0.29) is 30.9 Å². The minimum atomic E-state index is -5.72. The molecule has 2 aromatic carbocycles. The van der Waals surface area contributed by atoms with Gasteiger partial charge in [0, 0.05) is 23.8 Å². The molecule has 0 aromatic heterocycles. The quantitative estimate of drug-likeness (QED) is 0.127. The molecule has 4 unspecified atom stereocenters. The lowest BCUT2D eigenvalue weighted by atomic mass is 9.54. The molecule has 2 aromatic rings. The summed E-state index contributed by atoms with van der Waals surface area (Å²) in [5.74, 6) is -7.03. The first-order valence-corrected chi connectivity index (χ1v) is 15.6. The zero-order valence-corrected chi connectivity index (χ0v) is 25.7. The van der Waals surface area contributed by atoms with Gasteiger partial charge in [-0.05, 0) is 60.9 Å². The molecule has 0 bridgehead atoms. The van der Waals surface area contributed by atoms with E-state index in [4.69, 9.17) is 4.74 Å². The number of halogens is 5. The Bertz CT molecular complexity index is 1230. The topological polar surface area (TPSA) is 87.0 Å². The maximum Gasteiger partial charge on any atom is 0.453 e. The lowest BCUT2D eigenvalue weighted by Gasteiger charge is -2.51. The van der Waals surface area contributed by atoms with Crippen LogP contribution in [0, 0.1) is 11.3 Å². The number of aliphatic carboxylic acids is 1. The third-order valence-electron chi connectivity index (χ3n) is 9.64. The van der Waals surface area contributed by atoms with Gasteiger partial charge in [-0.25, -0.2) is 0 Å². The standard InChI is InChI=1S/C34H45F5O5/c1-4-6-7-8-9-10-12-27(32(5-2,30(42)43)19-11-20-33(35,36)34(37,38)39)29-26-18-17-25(41)21-28(26)44-22-31(29,3)23-13-15-24(40)16-14-23/h13-18,21,27,29,40-41H,4-12,19-20,22H2,1-3H3,(H,42,43). The molecule has 1 aliphatic rings. The van der Waals surface area contributed by atoms with Crippen molar-refractivity contribution in [2.75, 3.05) is 6.61 Å². The largest absolute Gasteiger partial charge is 0.508 e. The molecule has 0 radical (unpaired) electrons. The Kier molecular flexibility index (Phi) is 11.6. The predicted octanol–water partition coefficient (Wildman–Crippen LogP) is 9.75. The number of hydrogen-bond donors (Lipinski definition) is 3. The van der Waals surface area contributed by atoms with Crippen molar-refractivity contribution in [2.45, 2.75) is 115 Å². The normalized spacial score (nSPS) is 20.8. The molecular weight excluding hydrogens is 583 g/mol. The Labute approximate surface area is 256 Å². The number of phenolic OH excluding ortho intramolecular Hbond substituents is 2. The van der Waals surface area contributed by atoms with Crippen molar-refractivity contribution in [3.8, 4) is 17.2 Å². The van der Waals surface area contributed by atoms with Crippen molar-refractivity contribution in [1.82, 2.24) is 0 Å². The summed E-state index contributed by atoms with van der Waals surface area (Å²) in [5.41, 5.74) is -1.09. The van der Waals surface area contributed by atoms with Crippen molar-refractivity contribution >= 4 is 5.97 Å². The van der Waals surface area contributed by atoms with E-state index < -0.39 is 53.6 Å². The molecule has 44 heavy (non-hydrogen) atoms. The van der Waals surface area contributed by atoms with E-state index in [1.807, 2.05) is 6.92 Å². The minimum absolute atomic E-state index is 0.0247. The second-order valence-corrected chi connectivity index (χ2v) is 12.5. The van der Waals surface area contributed by atoms with E-state index in [9.17, 15) is 42.1 Å². The summed E-state index contributed by atoms with van der Waals surface area (Å²) in [6.45, 7) is 5.77. The number of ether oxygens (including phenoxy) is 1. The van der Waals surface area contributed by atoms with Gasteiger partial charge in [-0.2, -0.15) is 22.0 Å². The summed E-state index contributed by atoms with van der Waals surface area (Å²) in [7, 11) is 0. The van der Waals surface area contributed by atoms with Crippen LogP contribution in [0.3, 0.4) is 0 Å². The van der Waals surface area contributed by atoms with Gasteiger partial charge in [0.25, 0.3) is 0 Å². The summed E-state index contributed by atoms with van der Waals surface area (Å²) in [6.07, 6.45) is -2.21. The van der Waals surface area contributed by atoms with Crippen molar-refractivity contribution < 1.29 is 46.8 Å². The molecule has 0 amide bonds. The number of carboxylic acid groups (broad SMARTS) is 1. The monoisotopic (exact) mass is 628 g/mol. The fourth-order valence-corrected chi connectivity index (χ4v) is 7.05. The number of alkyl halides is 5. The van der Waals surface area contributed by atoms with Crippen LogP contribution in [-0.4, -0.2) is 40.0 Å². The van der Waals surface area contributed by atoms with Crippen molar-refractivity contribution in [3.05, 3.63) is 53.6 Å². The van der Waals surface area contributed by atoms with Crippen molar-refractivity contribution in [3.63, 3.8) is 0 Å². The summed E-state index contributed by atoms with van der Waals surface area (Å²) in [4.78, 5) is 13.3. The Balaban J connectivity index is 2.16. The molecule has 1 heterocycles. The van der Waals surface area contributed by atoms with E-state index in [1.54, 1.807) is 25.1 Å². The Morgan fingerprint density at radius 2 is 1.52 bits per heavy atom. The third kappa shape index (κ3) is 7.60. The van der Waals surface area contributed by atoms with Gasteiger partial charge in [0.05, 0.1) is 12.0 Å². The van der Waals surface area contributed by atoms with Gasteiger partial charge < -0.3 is 20.1 Å². The molecule has 0 spiro atoms. The number of carboxylic acids is 1. The molecule has 4 atom stereocenters. The first kappa shape index (κ1) is 35.4. The highest BCUT2D eigenvalue weighted by molar-refractivity contribution is 5.75. The van der Waals surface area contributed by atoms with Crippen LogP contribution < -0.4 is 4.74 Å². The van der Waals surface area contributed by atoms with E-state index in [0.29, 0.717) is 24.2 Å². The number of phenols is 2. The van der Waals surface area contributed by atoms with Crippen LogP contribution in [0.2, 0.25) is 0 Å². The van der Waals surface area contributed by atoms with Gasteiger partial charge in [0.2, 0.25) is 0 Å². The highest BCUT2D eigenvalue weighted by Gasteiger charge is 2.58. The molecule has 3 rings (SSSR count). The summed E-state index contributed by atoms with van der Waals surface area (Å²) >= 11 is 0. The van der Waals surface area contributed by atoms with Crippen molar-refractivity contribution in [2.24, 2.45) is 11.3 Å². The highest BCUT2D eigenvalue weighted by Crippen LogP contribution is 2.58. The van der Waals surface area contributed by atoms with E-state index >= 15 is 0 Å². The second-order valence-electron chi connectivity index (χ2n) is 12.5. The second kappa shape index (κ2) is 14.4. The first-order valence-electron chi connectivity index (χ1n) is 15.6. The maximum absolute atomic E-state index is 14.0. The Morgan fingerprint density at radius 1 is 0.909 bits per heavy atom. The molecule has 246 valence electrons. The average molecular weight is 629 g/mol. The van der Waals surface area contributed by atoms with Crippen molar-refractivity contribution in [1.29, 1.82) is 0 Å². The number of rotatable bonds is 16. The number of carbonyl (C=O) groups is 1. The van der Waals surface area contributed by atoms with Crippen LogP contribution in [0.4, 0.5) is 22.0 Å². The molecular formula is C34H45F5O5. The summed E-state index contributed by atoms with van der Waals surface area (Å²) in [5, 5.41) is 31.1. The van der Waals surface area contributed by atoms with Gasteiger partial charge in [-0.3, -0.25) is 4.79 Å². The van der Waals surface area contributed by atoms with Gasteiger partial charge in [0.15, 0.2) is 0 Å². The lowest BCUT2D eigenvalue weighted by molar-refractivity contribution is -0.285. The Morgan fingerprint density at radius 3 is 2.11 bits per heavy atom. The summed E-state index contributed by atoms with van der Waals surface area (Å²) < 4.78 is 73.2. The first-order chi connectivity index (χ1) is 20.6. The molecule has 1 aliphatic heterocycles. The fraction of sp³-hybridized carbons (Fsp3) is 0.618. The lowest BCUT2D eigenvalue weighted by Crippen LogP contribution is -2.50. The number of aromatic hydroxyl groups is 2. The molecule has 3 N–H and O–H groups in total. The molecule has 0 saturated carbocycles. The highest BCUT2D eigenvalue weighted by atomic mass is 19.4. The van der Waals surface area contributed by atoms with Crippen LogP contribution in [0.5, 0.6) is 17.2 Å². The van der Waals surface area contributed by atoms with Crippen LogP contribution >= 0.6 is 0 Å². The predicted molar refractivity (Wildman–Crippen MR) is 158 cm³/mol. The molecule has 0 saturated heterocycles. The van der Waals surface area contributed by atoms with E-state index in [2.05, 4.69) is 6.92 Å². The van der Waals surface area contributed by atoms with Gasteiger partial charge in [0.1, 0.15) is 17.2 Å². The number of benzene rings is 2. The fourth-order valence-electron chi connectivity index (χ4n) is 7.05. The molecule has 0 aliphatic carbocycles. The van der Waals surface area contributed by atoms with Gasteiger partial charge in [-0.15, -0.1) is 0 Å². The Hall–Kier alpha value is -3.04. The molecule has 5 nitrogen and oxygen atoms in total. The van der Waals surface area contributed by atoms with Gasteiger partial charge in [-0.1, -0.05) is 77.5 Å². The average Bonchev–Trinajstić information content (AvgIpc) is 2.95. The zero-order chi connectivity index (χ0) is 32.8. The summed E-state index contributed by atoms with van der Waals surface area (Å²) in [6, 6.07) is 11.1. The number of hydrogen-bond acceptors (Lipinski definition) is 4. The van der Waals surface area contributed by atoms with Crippen LogP contribution in [0.1, 0.15) is 108 Å². The number of fused-ring (bicyclic) bond motifs is 1. The SMILES string of the molecule is CCCCCCCCC(C1c2ccc(O)cc2OCC1(C)c1ccc(O)cc1)C(CC)(CCCC(F)(F)C(F)(F)F)C(=O)O. The zero-order valence-electron chi connectivity index (χ0n) is 25.7. The molecule has 0 fully saturated rings. The smallest absolute Gasteiger partial charge is 0.453 e. The van der Waals surface area contributed by atoms with E-state index in [1.165, 1.54) is 24.3 Å². The number of unbranched alkanes of at least 4 members (excludes halogenated alkanes) is 5. The maximum atomic E-state index is 14.0.